The van der Waals surface area contributed by atoms with Crippen LogP contribution in [0.2, 0.25) is 10.3 Å². The van der Waals surface area contributed by atoms with Crippen molar-refractivity contribution in [1.82, 2.24) is 4.98 Å². The molecule has 0 saturated heterocycles. The molecule has 1 heterocycles. The molecule has 20 heavy (non-hydrogen) atoms. The van der Waals surface area contributed by atoms with Crippen molar-refractivity contribution in [1.29, 1.82) is 0 Å². The van der Waals surface area contributed by atoms with Crippen molar-refractivity contribution in [3.8, 4) is 0 Å². The molecule has 6 heteroatoms. The number of pyridine rings is 1. The van der Waals surface area contributed by atoms with E-state index in [4.69, 9.17) is 28.9 Å². The maximum absolute atomic E-state index is 12.3. The van der Waals surface area contributed by atoms with Gasteiger partial charge in [0.2, 0.25) is 5.91 Å². The van der Waals surface area contributed by atoms with E-state index in [0.29, 0.717) is 23.3 Å². The molecule has 0 radical (unpaired) electrons. The summed E-state index contributed by atoms with van der Waals surface area (Å²) in [4.78, 5) is 16.2. The molecule has 0 spiro atoms. The first-order valence-electron chi connectivity index (χ1n) is 6.84. The highest BCUT2D eigenvalue weighted by Gasteiger charge is 2.26. The molecule has 1 fully saturated rings. The van der Waals surface area contributed by atoms with Crippen LogP contribution in [0.1, 0.15) is 31.2 Å². The summed E-state index contributed by atoms with van der Waals surface area (Å²) in [7, 11) is 0. The first-order valence-corrected chi connectivity index (χ1v) is 7.60. The minimum absolute atomic E-state index is 0.00888. The molecule has 3 N–H and O–H groups in total. The zero-order valence-electron chi connectivity index (χ0n) is 11.5. The van der Waals surface area contributed by atoms with E-state index < -0.39 is 0 Å². The lowest BCUT2D eigenvalue weighted by Gasteiger charge is -2.27. The predicted octanol–water partition coefficient (Wildman–Crippen LogP) is 3.40. The Balaban J connectivity index is 2.02. The zero-order valence-corrected chi connectivity index (χ0v) is 13.0. The Labute approximate surface area is 129 Å². The summed E-state index contributed by atoms with van der Waals surface area (Å²) in [6.07, 6.45) is 3.79. The second kappa shape index (κ2) is 6.74. The van der Waals surface area contributed by atoms with Crippen LogP contribution in [-0.2, 0) is 4.79 Å². The highest BCUT2D eigenvalue weighted by atomic mass is 35.5. The highest BCUT2D eigenvalue weighted by molar-refractivity contribution is 6.34. The quantitative estimate of drug-likeness (QED) is 0.840. The Morgan fingerprint density at radius 1 is 1.40 bits per heavy atom. The number of hydrogen-bond donors (Lipinski definition) is 2. The van der Waals surface area contributed by atoms with Crippen molar-refractivity contribution in [2.45, 2.75) is 32.6 Å². The van der Waals surface area contributed by atoms with Gasteiger partial charge in [-0.3, -0.25) is 4.79 Å². The standard InChI is InChI=1S/C14H19Cl2N3O/c1-8-6-11(15)18-13(16)12(8)19-14(20)10-4-2-9(7-17)3-5-10/h6,9-10H,2-5,7,17H2,1H3,(H,19,20). The van der Waals surface area contributed by atoms with E-state index in [1.165, 1.54) is 0 Å². The summed E-state index contributed by atoms with van der Waals surface area (Å²) in [6.45, 7) is 2.56. The van der Waals surface area contributed by atoms with Gasteiger partial charge in [-0.25, -0.2) is 4.98 Å². The van der Waals surface area contributed by atoms with Gasteiger partial charge in [0.1, 0.15) is 5.15 Å². The van der Waals surface area contributed by atoms with E-state index >= 15 is 0 Å². The summed E-state index contributed by atoms with van der Waals surface area (Å²) in [6, 6.07) is 1.69. The molecule has 1 saturated carbocycles. The summed E-state index contributed by atoms with van der Waals surface area (Å²) >= 11 is 11.9. The third-order valence-electron chi connectivity index (χ3n) is 3.94. The normalized spacial score (nSPS) is 22.6. The third kappa shape index (κ3) is 3.62. The van der Waals surface area contributed by atoms with Crippen molar-refractivity contribution < 1.29 is 4.79 Å². The van der Waals surface area contributed by atoms with E-state index in [9.17, 15) is 4.79 Å². The van der Waals surface area contributed by atoms with Crippen LogP contribution in [0, 0.1) is 18.8 Å². The Bertz CT molecular complexity index is 476. The molecule has 1 aromatic heterocycles. The van der Waals surface area contributed by atoms with Gasteiger partial charge in [0.25, 0.3) is 0 Å². The number of nitrogens with two attached hydrogens (primary N) is 1. The average Bonchev–Trinajstić information content (AvgIpc) is 2.42. The second-order valence-electron chi connectivity index (χ2n) is 5.37. The first-order chi connectivity index (χ1) is 9.51. The number of carbonyl (C=O) groups is 1. The van der Waals surface area contributed by atoms with Gasteiger partial charge >= 0.3 is 0 Å². The van der Waals surface area contributed by atoms with Crippen LogP contribution in [0.25, 0.3) is 0 Å². The number of rotatable bonds is 3. The Kier molecular flexibility index (Phi) is 5.24. The number of nitrogens with one attached hydrogen (secondary N) is 1. The van der Waals surface area contributed by atoms with Gasteiger partial charge in [-0.1, -0.05) is 23.2 Å². The molecule has 110 valence electrons. The van der Waals surface area contributed by atoms with Gasteiger partial charge < -0.3 is 11.1 Å². The SMILES string of the molecule is Cc1cc(Cl)nc(Cl)c1NC(=O)C1CCC(CN)CC1. The Hall–Kier alpha value is -0.840. The number of hydrogen-bond acceptors (Lipinski definition) is 3. The van der Waals surface area contributed by atoms with E-state index in [-0.39, 0.29) is 17.0 Å². The fourth-order valence-electron chi connectivity index (χ4n) is 2.63. The largest absolute Gasteiger partial charge is 0.330 e. The number of anilines is 1. The molecular formula is C14H19Cl2N3O. The van der Waals surface area contributed by atoms with Crippen molar-refractivity contribution in [2.75, 3.05) is 11.9 Å². The lowest BCUT2D eigenvalue weighted by atomic mass is 9.81. The van der Waals surface area contributed by atoms with Gasteiger partial charge in [-0.05, 0) is 56.7 Å². The fourth-order valence-corrected chi connectivity index (χ4v) is 3.21. The smallest absolute Gasteiger partial charge is 0.227 e. The minimum atomic E-state index is 0.00888. The lowest BCUT2D eigenvalue weighted by molar-refractivity contribution is -0.121. The average molecular weight is 316 g/mol. The molecule has 1 aliphatic rings. The molecule has 1 aliphatic carbocycles. The monoisotopic (exact) mass is 315 g/mol. The molecule has 2 rings (SSSR count). The van der Waals surface area contributed by atoms with Gasteiger partial charge in [0.15, 0.2) is 5.15 Å². The van der Waals surface area contributed by atoms with E-state index in [1.54, 1.807) is 6.07 Å². The summed E-state index contributed by atoms with van der Waals surface area (Å²) < 4.78 is 0. The molecule has 0 bridgehead atoms. The first kappa shape index (κ1) is 15.5. The maximum Gasteiger partial charge on any atom is 0.227 e. The molecule has 1 aromatic rings. The topological polar surface area (TPSA) is 68.0 Å². The molecule has 0 atom stereocenters. The van der Waals surface area contributed by atoms with Gasteiger partial charge in [0, 0.05) is 5.92 Å². The van der Waals surface area contributed by atoms with Crippen LogP contribution in [0.3, 0.4) is 0 Å². The maximum atomic E-state index is 12.3. The van der Waals surface area contributed by atoms with E-state index in [2.05, 4.69) is 10.3 Å². The summed E-state index contributed by atoms with van der Waals surface area (Å²) in [5.41, 5.74) is 7.04. The summed E-state index contributed by atoms with van der Waals surface area (Å²) in [5.74, 6) is 0.597. The van der Waals surface area contributed by atoms with Gasteiger partial charge in [0.05, 0.1) is 5.69 Å². The highest BCUT2D eigenvalue weighted by Crippen LogP contribution is 2.31. The molecule has 1 amide bonds. The lowest BCUT2D eigenvalue weighted by Crippen LogP contribution is -2.29. The second-order valence-corrected chi connectivity index (χ2v) is 6.12. The van der Waals surface area contributed by atoms with Gasteiger partial charge in [-0.15, -0.1) is 0 Å². The summed E-state index contributed by atoms with van der Waals surface area (Å²) in [5, 5.41) is 3.45. The van der Waals surface area contributed by atoms with E-state index in [1.807, 2.05) is 6.92 Å². The van der Waals surface area contributed by atoms with Crippen LogP contribution in [0.15, 0.2) is 6.07 Å². The van der Waals surface area contributed by atoms with Crippen LogP contribution < -0.4 is 11.1 Å². The molecule has 0 aromatic carbocycles. The number of halogens is 2. The van der Waals surface area contributed by atoms with Crippen LogP contribution in [0.5, 0.6) is 0 Å². The van der Waals surface area contributed by atoms with Crippen molar-refractivity contribution in [3.63, 3.8) is 0 Å². The van der Waals surface area contributed by atoms with Gasteiger partial charge in [-0.2, -0.15) is 0 Å². The fraction of sp³-hybridized carbons (Fsp3) is 0.571. The Morgan fingerprint density at radius 2 is 2.05 bits per heavy atom. The molecule has 0 aliphatic heterocycles. The van der Waals surface area contributed by atoms with Crippen molar-refractivity contribution >= 4 is 34.8 Å². The van der Waals surface area contributed by atoms with Crippen LogP contribution >= 0.6 is 23.2 Å². The number of amides is 1. The number of carbonyl (C=O) groups excluding carboxylic acids is 1. The number of nitrogens with zero attached hydrogens (tertiary/aromatic N) is 1. The number of aromatic nitrogens is 1. The molecule has 0 unspecified atom stereocenters. The minimum Gasteiger partial charge on any atom is -0.330 e. The van der Waals surface area contributed by atoms with Crippen molar-refractivity contribution in [2.24, 2.45) is 17.6 Å². The van der Waals surface area contributed by atoms with Crippen LogP contribution in [-0.4, -0.2) is 17.4 Å². The van der Waals surface area contributed by atoms with E-state index in [0.717, 1.165) is 31.2 Å². The van der Waals surface area contributed by atoms with Crippen molar-refractivity contribution in [3.05, 3.63) is 21.9 Å². The number of aryl methyl sites for hydroxylation is 1. The predicted molar refractivity (Wildman–Crippen MR) is 82.1 cm³/mol. The Morgan fingerprint density at radius 3 is 2.60 bits per heavy atom. The molecular weight excluding hydrogens is 297 g/mol. The zero-order chi connectivity index (χ0) is 14.7. The van der Waals surface area contributed by atoms with Crippen LogP contribution in [0.4, 0.5) is 5.69 Å². The third-order valence-corrected chi connectivity index (χ3v) is 4.41. The molecule has 4 nitrogen and oxygen atoms in total.